The minimum absolute atomic E-state index is 0. The van der Waals surface area contributed by atoms with Crippen LogP contribution in [0.3, 0.4) is 0 Å². The highest BCUT2D eigenvalue weighted by Crippen LogP contribution is 2.11. The second-order valence-electron chi connectivity index (χ2n) is 2.38. The highest BCUT2D eigenvalue weighted by atomic mass is 14.5. The highest BCUT2D eigenvalue weighted by molar-refractivity contribution is 6.44. The summed E-state index contributed by atoms with van der Waals surface area (Å²) in [4.78, 5) is 0. The Bertz CT molecular complexity index is 190. The van der Waals surface area contributed by atoms with Crippen LogP contribution in [0.15, 0.2) is 11.6 Å². The Balaban J connectivity index is 0. The van der Waals surface area contributed by atoms with Gasteiger partial charge in [0.25, 0.3) is 0 Å². The Morgan fingerprint density at radius 3 is 2.00 bits per heavy atom. The van der Waals surface area contributed by atoms with E-state index >= 15 is 0 Å². The third-order valence-corrected chi connectivity index (χ3v) is 1.49. The molecule has 1 aliphatic rings. The molecule has 1 aliphatic carbocycles. The van der Waals surface area contributed by atoms with Crippen LogP contribution >= 0.6 is 0 Å². The van der Waals surface area contributed by atoms with Crippen molar-refractivity contribution in [3.8, 4) is 0 Å². The van der Waals surface area contributed by atoms with Crippen molar-refractivity contribution in [2.75, 3.05) is 0 Å². The number of rotatable bonds is 0. The summed E-state index contributed by atoms with van der Waals surface area (Å²) >= 11 is 0. The van der Waals surface area contributed by atoms with E-state index in [1.54, 1.807) is 6.08 Å². The first-order chi connectivity index (χ1) is 5.20. The summed E-state index contributed by atoms with van der Waals surface area (Å²) in [6.45, 7) is 6.00. The molecule has 0 radical (unpaired) electrons. The molecule has 70 valence electrons. The predicted molar refractivity (Wildman–Crippen MR) is 56.5 cm³/mol. The second kappa shape index (κ2) is 6.77. The van der Waals surface area contributed by atoms with Crippen LogP contribution in [0.2, 0.25) is 0 Å². The summed E-state index contributed by atoms with van der Waals surface area (Å²) in [5, 5.41) is 14.4. The van der Waals surface area contributed by atoms with Gasteiger partial charge >= 0.3 is 0 Å². The maximum absolute atomic E-state index is 7.22. The molecule has 2 N–H and O–H groups in total. The van der Waals surface area contributed by atoms with Crippen LogP contribution in [0, 0.1) is 10.8 Å². The van der Waals surface area contributed by atoms with Crippen molar-refractivity contribution in [2.24, 2.45) is 0 Å². The van der Waals surface area contributed by atoms with Crippen molar-refractivity contribution >= 4 is 11.4 Å². The van der Waals surface area contributed by atoms with Crippen LogP contribution in [0.4, 0.5) is 0 Å². The molecule has 0 aliphatic heterocycles. The maximum atomic E-state index is 7.22. The SMILES string of the molecule is C.CC.CC1=CC(=N)C(=N)CC1. The summed E-state index contributed by atoms with van der Waals surface area (Å²) in [7, 11) is 0. The van der Waals surface area contributed by atoms with Crippen LogP contribution in [-0.4, -0.2) is 11.4 Å². The number of hydrogen-bond donors (Lipinski definition) is 2. The van der Waals surface area contributed by atoms with Gasteiger partial charge in [-0.05, 0) is 25.8 Å². The van der Waals surface area contributed by atoms with E-state index in [4.69, 9.17) is 10.8 Å². The van der Waals surface area contributed by atoms with Crippen LogP contribution < -0.4 is 0 Å². The van der Waals surface area contributed by atoms with Crippen LogP contribution in [0.1, 0.15) is 41.0 Å². The Labute approximate surface area is 75.7 Å². The zero-order valence-electron chi connectivity index (χ0n) is 7.49. The summed E-state index contributed by atoms with van der Waals surface area (Å²) in [6, 6.07) is 0. The van der Waals surface area contributed by atoms with Crippen molar-refractivity contribution < 1.29 is 0 Å². The molecule has 0 aromatic carbocycles. The van der Waals surface area contributed by atoms with Gasteiger partial charge in [-0.15, -0.1) is 0 Å². The number of nitrogens with one attached hydrogen (secondary N) is 2. The van der Waals surface area contributed by atoms with Gasteiger partial charge in [-0.1, -0.05) is 26.8 Å². The topological polar surface area (TPSA) is 47.7 Å². The van der Waals surface area contributed by atoms with E-state index in [9.17, 15) is 0 Å². The average Bonchev–Trinajstić information content (AvgIpc) is 2.02. The van der Waals surface area contributed by atoms with E-state index in [-0.39, 0.29) is 7.43 Å². The second-order valence-corrected chi connectivity index (χ2v) is 2.38. The molecule has 0 atom stereocenters. The molecule has 0 spiro atoms. The molecule has 0 saturated carbocycles. The van der Waals surface area contributed by atoms with Gasteiger partial charge in [0.05, 0.1) is 11.4 Å². The van der Waals surface area contributed by atoms with E-state index in [1.807, 2.05) is 20.8 Å². The van der Waals surface area contributed by atoms with Crippen LogP contribution in [0.25, 0.3) is 0 Å². The summed E-state index contributed by atoms with van der Waals surface area (Å²) in [5.41, 5.74) is 2.08. The van der Waals surface area contributed by atoms with Crippen molar-refractivity contribution in [3.05, 3.63) is 11.6 Å². The fourth-order valence-corrected chi connectivity index (χ4v) is 0.863. The van der Waals surface area contributed by atoms with E-state index in [0.717, 1.165) is 12.8 Å². The van der Waals surface area contributed by atoms with Crippen molar-refractivity contribution in [1.29, 1.82) is 10.8 Å². The largest absolute Gasteiger partial charge is 0.303 e. The maximum Gasteiger partial charge on any atom is 0.0747 e. The van der Waals surface area contributed by atoms with Crippen molar-refractivity contribution in [3.63, 3.8) is 0 Å². The molecule has 12 heavy (non-hydrogen) atoms. The Morgan fingerprint density at radius 1 is 1.17 bits per heavy atom. The lowest BCUT2D eigenvalue weighted by molar-refractivity contribution is 1.000. The van der Waals surface area contributed by atoms with E-state index < -0.39 is 0 Å². The van der Waals surface area contributed by atoms with Gasteiger partial charge in [0.1, 0.15) is 0 Å². The van der Waals surface area contributed by atoms with Crippen LogP contribution in [0.5, 0.6) is 0 Å². The summed E-state index contributed by atoms with van der Waals surface area (Å²) in [5.74, 6) is 0. The molecule has 0 unspecified atom stereocenters. The molecule has 0 aromatic rings. The molecule has 0 aromatic heterocycles. The molecule has 1 rings (SSSR count). The first kappa shape index (κ1) is 13.7. The number of allylic oxidation sites excluding steroid dienone is 2. The lowest BCUT2D eigenvalue weighted by Crippen LogP contribution is -2.13. The van der Waals surface area contributed by atoms with Gasteiger partial charge in [0, 0.05) is 0 Å². The minimum atomic E-state index is 0. The molecule has 2 heteroatoms. The first-order valence-electron chi connectivity index (χ1n) is 4.03. The third kappa shape index (κ3) is 4.06. The van der Waals surface area contributed by atoms with Crippen LogP contribution in [-0.2, 0) is 0 Å². The quantitative estimate of drug-likeness (QED) is 0.556. The Hall–Kier alpha value is -0.920. The zero-order valence-corrected chi connectivity index (χ0v) is 7.49. The first-order valence-corrected chi connectivity index (χ1v) is 4.03. The average molecular weight is 168 g/mol. The highest BCUT2D eigenvalue weighted by Gasteiger charge is 2.08. The van der Waals surface area contributed by atoms with Gasteiger partial charge in [-0.25, -0.2) is 0 Å². The van der Waals surface area contributed by atoms with Gasteiger partial charge < -0.3 is 5.41 Å². The molecule has 0 bridgehead atoms. The van der Waals surface area contributed by atoms with Crippen molar-refractivity contribution in [1.82, 2.24) is 0 Å². The third-order valence-electron chi connectivity index (χ3n) is 1.49. The summed E-state index contributed by atoms with van der Waals surface area (Å²) in [6.07, 6.45) is 3.48. The standard InChI is InChI=1S/C7H10N2.C2H6.CH4/c1-5-2-3-6(8)7(9)4-5;1-2;/h4,8-9H,2-3H2,1H3;1-2H3;1H4. The Morgan fingerprint density at radius 2 is 1.67 bits per heavy atom. The zero-order chi connectivity index (χ0) is 8.85. The molecule has 0 amide bonds. The van der Waals surface area contributed by atoms with E-state index in [1.165, 1.54) is 5.57 Å². The fourth-order valence-electron chi connectivity index (χ4n) is 0.863. The lowest BCUT2D eigenvalue weighted by atomic mass is 9.98. The minimum Gasteiger partial charge on any atom is -0.303 e. The fraction of sp³-hybridized carbons (Fsp3) is 0.600. The molecular weight excluding hydrogens is 148 g/mol. The monoisotopic (exact) mass is 168 g/mol. The van der Waals surface area contributed by atoms with E-state index in [2.05, 4.69) is 0 Å². The van der Waals surface area contributed by atoms with Gasteiger partial charge in [0.15, 0.2) is 0 Å². The van der Waals surface area contributed by atoms with Gasteiger partial charge in [0.2, 0.25) is 0 Å². The molecular formula is C10H20N2. The lowest BCUT2D eigenvalue weighted by Gasteiger charge is -2.09. The molecule has 2 nitrogen and oxygen atoms in total. The van der Waals surface area contributed by atoms with Gasteiger partial charge in [-0.3, -0.25) is 5.41 Å². The summed E-state index contributed by atoms with van der Waals surface area (Å²) < 4.78 is 0. The van der Waals surface area contributed by atoms with E-state index in [0.29, 0.717) is 11.4 Å². The molecule has 0 fully saturated rings. The van der Waals surface area contributed by atoms with Crippen molar-refractivity contribution in [2.45, 2.75) is 41.0 Å². The number of hydrogen-bond acceptors (Lipinski definition) is 2. The Kier molecular flexibility index (Phi) is 7.70. The van der Waals surface area contributed by atoms with Gasteiger partial charge in [-0.2, -0.15) is 0 Å². The molecule has 0 saturated heterocycles. The normalized spacial score (nSPS) is 15.4. The predicted octanol–water partition coefficient (Wildman–Crippen LogP) is 3.43. The molecule has 0 heterocycles. The smallest absolute Gasteiger partial charge is 0.0747 e.